The van der Waals surface area contributed by atoms with E-state index in [1.165, 1.54) is 12.0 Å². The van der Waals surface area contributed by atoms with E-state index in [9.17, 15) is 0 Å². The number of hydrogen-bond acceptors (Lipinski definition) is 2. The number of nitrogens with zero attached hydrogens (tertiary/aromatic N) is 1. The van der Waals surface area contributed by atoms with E-state index in [1.807, 2.05) is 12.1 Å². The molecule has 0 spiro atoms. The molecule has 0 amide bonds. The summed E-state index contributed by atoms with van der Waals surface area (Å²) in [5.41, 5.74) is 7.58. The van der Waals surface area contributed by atoms with Crippen LogP contribution in [0.2, 0.25) is 5.02 Å². The molecule has 0 saturated carbocycles. The molecule has 3 atom stereocenters. The fourth-order valence-electron chi connectivity index (χ4n) is 3.18. The Labute approximate surface area is 121 Å². The molecule has 1 saturated heterocycles. The third-order valence-corrected chi connectivity index (χ3v) is 4.68. The highest BCUT2D eigenvalue weighted by molar-refractivity contribution is 6.30. The first kappa shape index (κ1) is 14.8. The summed E-state index contributed by atoms with van der Waals surface area (Å²) in [7, 11) is 0. The second-order valence-electron chi connectivity index (χ2n) is 5.59. The highest BCUT2D eigenvalue weighted by Crippen LogP contribution is 2.30. The van der Waals surface area contributed by atoms with Crippen LogP contribution in [-0.2, 0) is 0 Å². The molecule has 2 nitrogen and oxygen atoms in total. The Hall–Kier alpha value is -0.570. The zero-order valence-electron chi connectivity index (χ0n) is 12.0. The van der Waals surface area contributed by atoms with Gasteiger partial charge in [0, 0.05) is 30.2 Å². The van der Waals surface area contributed by atoms with E-state index in [4.69, 9.17) is 17.3 Å². The van der Waals surface area contributed by atoms with Gasteiger partial charge in [0.2, 0.25) is 0 Å². The predicted molar refractivity (Wildman–Crippen MR) is 82.4 cm³/mol. The summed E-state index contributed by atoms with van der Waals surface area (Å²) in [4.78, 5) is 2.60. The first-order valence-electron chi connectivity index (χ1n) is 7.40. The summed E-state index contributed by atoms with van der Waals surface area (Å²) >= 11 is 5.98. The summed E-state index contributed by atoms with van der Waals surface area (Å²) in [5, 5.41) is 0.811. The van der Waals surface area contributed by atoms with E-state index in [-0.39, 0.29) is 0 Å². The Morgan fingerprint density at radius 3 is 2.58 bits per heavy atom. The van der Waals surface area contributed by atoms with E-state index in [0.717, 1.165) is 31.0 Å². The van der Waals surface area contributed by atoms with Crippen LogP contribution < -0.4 is 5.73 Å². The molecular formula is C16H25ClN2. The van der Waals surface area contributed by atoms with Crippen molar-refractivity contribution in [2.24, 2.45) is 11.7 Å². The van der Waals surface area contributed by atoms with E-state index in [1.54, 1.807) is 0 Å². The number of likely N-dealkylation sites (tertiary alicyclic amines) is 1. The largest absolute Gasteiger partial charge is 0.327 e. The molecule has 1 fully saturated rings. The van der Waals surface area contributed by atoms with Crippen molar-refractivity contribution in [1.82, 2.24) is 4.90 Å². The smallest absolute Gasteiger partial charge is 0.0406 e. The van der Waals surface area contributed by atoms with Gasteiger partial charge < -0.3 is 5.73 Å². The van der Waals surface area contributed by atoms with Gasteiger partial charge in [-0.05, 0) is 36.5 Å². The topological polar surface area (TPSA) is 29.3 Å². The van der Waals surface area contributed by atoms with Crippen molar-refractivity contribution in [1.29, 1.82) is 0 Å². The molecule has 0 aromatic heterocycles. The van der Waals surface area contributed by atoms with E-state index < -0.39 is 0 Å². The lowest BCUT2D eigenvalue weighted by atomic mass is 9.88. The lowest BCUT2D eigenvalue weighted by Crippen LogP contribution is -2.47. The van der Waals surface area contributed by atoms with Gasteiger partial charge in [-0.2, -0.15) is 0 Å². The lowest BCUT2D eigenvalue weighted by molar-refractivity contribution is 0.104. The average molecular weight is 281 g/mol. The van der Waals surface area contributed by atoms with Crippen molar-refractivity contribution < 1.29 is 0 Å². The van der Waals surface area contributed by atoms with E-state index in [0.29, 0.717) is 18.0 Å². The number of hydrogen-bond donors (Lipinski definition) is 1. The van der Waals surface area contributed by atoms with Crippen LogP contribution in [0.3, 0.4) is 0 Å². The molecule has 2 rings (SSSR count). The molecule has 106 valence electrons. The van der Waals surface area contributed by atoms with Crippen LogP contribution in [0.5, 0.6) is 0 Å². The normalized spacial score (nSPS) is 26.3. The molecule has 1 aromatic rings. The molecule has 3 unspecified atom stereocenters. The zero-order chi connectivity index (χ0) is 13.8. The van der Waals surface area contributed by atoms with Gasteiger partial charge >= 0.3 is 0 Å². The van der Waals surface area contributed by atoms with Gasteiger partial charge in [0.25, 0.3) is 0 Å². The van der Waals surface area contributed by atoms with Crippen LogP contribution in [0.4, 0.5) is 0 Å². The van der Waals surface area contributed by atoms with Gasteiger partial charge in [-0.3, -0.25) is 4.90 Å². The summed E-state index contributed by atoms with van der Waals surface area (Å²) in [6.07, 6.45) is 3.42. The van der Waals surface area contributed by atoms with Gasteiger partial charge in [0.1, 0.15) is 0 Å². The number of nitrogens with two attached hydrogens (primary N) is 1. The minimum Gasteiger partial charge on any atom is -0.327 e. The average Bonchev–Trinajstić information content (AvgIpc) is 2.43. The van der Waals surface area contributed by atoms with Crippen molar-refractivity contribution >= 4 is 11.6 Å². The number of benzene rings is 1. The van der Waals surface area contributed by atoms with Crippen molar-refractivity contribution in [3.8, 4) is 0 Å². The molecule has 0 bridgehead atoms. The molecule has 1 aliphatic rings. The highest BCUT2D eigenvalue weighted by Gasteiger charge is 2.29. The summed E-state index contributed by atoms with van der Waals surface area (Å²) < 4.78 is 0. The zero-order valence-corrected chi connectivity index (χ0v) is 12.7. The third-order valence-electron chi connectivity index (χ3n) is 4.43. The van der Waals surface area contributed by atoms with Crippen LogP contribution in [0.1, 0.15) is 44.7 Å². The summed E-state index contributed by atoms with van der Waals surface area (Å²) in [6.45, 7) is 6.74. The van der Waals surface area contributed by atoms with E-state index >= 15 is 0 Å². The second-order valence-corrected chi connectivity index (χ2v) is 6.03. The van der Waals surface area contributed by atoms with E-state index in [2.05, 4.69) is 30.9 Å². The fourth-order valence-corrected chi connectivity index (χ4v) is 3.31. The molecule has 0 radical (unpaired) electrons. The molecule has 19 heavy (non-hydrogen) atoms. The molecule has 2 N–H and O–H groups in total. The van der Waals surface area contributed by atoms with Crippen molar-refractivity contribution in [2.45, 2.75) is 45.2 Å². The van der Waals surface area contributed by atoms with Gasteiger partial charge in [0.05, 0.1) is 0 Å². The minimum absolute atomic E-state index is 0.379. The van der Waals surface area contributed by atoms with Crippen LogP contribution in [0.15, 0.2) is 24.3 Å². The van der Waals surface area contributed by atoms with Crippen molar-refractivity contribution in [2.75, 3.05) is 13.1 Å². The molecular weight excluding hydrogens is 256 g/mol. The monoisotopic (exact) mass is 280 g/mol. The fraction of sp³-hybridized carbons (Fsp3) is 0.625. The quantitative estimate of drug-likeness (QED) is 0.908. The standard InChI is InChI=1S/C16H25ClN2/c1-3-12-11-19(10-9-15(12)18)16(4-2)13-5-7-14(17)8-6-13/h5-8,12,15-16H,3-4,9-11,18H2,1-2H3. The number of piperidine rings is 1. The molecule has 3 heteroatoms. The first-order chi connectivity index (χ1) is 9.15. The Morgan fingerprint density at radius 1 is 1.32 bits per heavy atom. The maximum Gasteiger partial charge on any atom is 0.0406 e. The number of rotatable bonds is 4. The maximum atomic E-state index is 6.21. The summed E-state index contributed by atoms with van der Waals surface area (Å²) in [5.74, 6) is 0.634. The van der Waals surface area contributed by atoms with Gasteiger partial charge in [-0.25, -0.2) is 0 Å². The predicted octanol–water partition coefficient (Wildman–Crippen LogP) is 3.85. The van der Waals surface area contributed by atoms with Gasteiger partial charge in [-0.1, -0.05) is 44.0 Å². The minimum atomic E-state index is 0.379. The molecule has 1 aromatic carbocycles. The Balaban J connectivity index is 2.11. The lowest BCUT2D eigenvalue weighted by Gasteiger charge is -2.41. The van der Waals surface area contributed by atoms with Crippen LogP contribution >= 0.6 is 11.6 Å². The molecule has 1 aliphatic heterocycles. The number of halogens is 1. The van der Waals surface area contributed by atoms with Crippen LogP contribution in [0, 0.1) is 5.92 Å². The van der Waals surface area contributed by atoms with Gasteiger partial charge in [-0.15, -0.1) is 0 Å². The van der Waals surface area contributed by atoms with Crippen molar-refractivity contribution in [3.63, 3.8) is 0 Å². The SMILES string of the molecule is CCC1CN(C(CC)c2ccc(Cl)cc2)CCC1N. The molecule has 0 aliphatic carbocycles. The molecule has 1 heterocycles. The maximum absolute atomic E-state index is 6.21. The summed E-state index contributed by atoms with van der Waals surface area (Å²) in [6, 6.07) is 9.18. The Bertz CT molecular complexity index is 390. The Morgan fingerprint density at radius 2 is 2.00 bits per heavy atom. The second kappa shape index (κ2) is 6.74. The van der Waals surface area contributed by atoms with Crippen molar-refractivity contribution in [3.05, 3.63) is 34.9 Å². The van der Waals surface area contributed by atoms with Crippen LogP contribution in [-0.4, -0.2) is 24.0 Å². The van der Waals surface area contributed by atoms with Crippen LogP contribution in [0.25, 0.3) is 0 Å². The first-order valence-corrected chi connectivity index (χ1v) is 7.78. The van der Waals surface area contributed by atoms with Gasteiger partial charge in [0.15, 0.2) is 0 Å². The third kappa shape index (κ3) is 3.50. The highest BCUT2D eigenvalue weighted by atomic mass is 35.5. The Kier molecular flexibility index (Phi) is 5.26.